The molecule has 3 aromatic rings. The number of hydrogen-bond donors (Lipinski definition) is 3. The maximum Gasteiger partial charge on any atom is 0.311 e. The summed E-state index contributed by atoms with van der Waals surface area (Å²) in [6, 6.07) is 8.82. The highest BCUT2D eigenvalue weighted by molar-refractivity contribution is 6.08. The third-order valence-electron chi connectivity index (χ3n) is 7.07. The Morgan fingerprint density at radius 2 is 1.55 bits per heavy atom. The molecule has 5 rings (SSSR count). The maximum absolute atomic E-state index is 13.1. The first-order valence-electron chi connectivity index (χ1n) is 13.4. The summed E-state index contributed by atoms with van der Waals surface area (Å²) < 4.78 is 5.35. The van der Waals surface area contributed by atoms with E-state index in [4.69, 9.17) is 19.7 Å². The highest BCUT2D eigenvalue weighted by Gasteiger charge is 2.23. The molecule has 0 aliphatic carbocycles. The summed E-state index contributed by atoms with van der Waals surface area (Å²) in [7, 11) is 1.50. The van der Waals surface area contributed by atoms with Gasteiger partial charge >= 0.3 is 5.69 Å². The highest BCUT2D eigenvalue weighted by atomic mass is 16.6. The quantitative estimate of drug-likeness (QED) is 0.269. The Kier molecular flexibility index (Phi) is 8.08. The number of carbonyl (C=O) groups excluding carboxylic acids is 1. The summed E-state index contributed by atoms with van der Waals surface area (Å²) in [4.78, 5) is 42.2. The van der Waals surface area contributed by atoms with Crippen LogP contribution in [-0.2, 0) is 0 Å². The zero-order valence-corrected chi connectivity index (χ0v) is 22.3. The Hall–Kier alpha value is -4.68. The molecule has 0 atom stereocenters. The largest absolute Gasteiger partial charge is 0.502 e. The number of phenolic OH excluding ortho intramolecular Hbond substituents is 1. The number of aromatic nitrogens is 3. The van der Waals surface area contributed by atoms with Crippen molar-refractivity contribution in [2.45, 2.75) is 38.5 Å². The first kappa shape index (κ1) is 26.9. The normalized spacial score (nSPS) is 15.4. The average molecular weight is 549 g/mol. The van der Waals surface area contributed by atoms with Gasteiger partial charge < -0.3 is 30.3 Å². The van der Waals surface area contributed by atoms with Crippen LogP contribution in [-0.4, -0.2) is 64.2 Å². The number of carbonyl (C=O) groups is 1. The molecule has 40 heavy (non-hydrogen) atoms. The average Bonchev–Trinajstić information content (AvgIpc) is 2.98. The van der Waals surface area contributed by atoms with Crippen molar-refractivity contribution in [3.8, 4) is 11.5 Å². The van der Waals surface area contributed by atoms with Crippen LogP contribution in [0.1, 0.15) is 48.9 Å². The van der Waals surface area contributed by atoms with Crippen LogP contribution < -0.4 is 25.2 Å². The minimum atomic E-state index is -0.745. The van der Waals surface area contributed by atoms with Crippen LogP contribution >= 0.6 is 0 Å². The monoisotopic (exact) mass is 548 g/mol. The number of aromatic hydroxyl groups is 1. The van der Waals surface area contributed by atoms with Gasteiger partial charge in [0, 0.05) is 38.3 Å². The lowest BCUT2D eigenvalue weighted by Crippen LogP contribution is -2.34. The lowest BCUT2D eigenvalue weighted by atomic mass is 10.1. The summed E-state index contributed by atoms with van der Waals surface area (Å²) in [5.74, 6) is 0.586. The van der Waals surface area contributed by atoms with Crippen LogP contribution in [0.3, 0.4) is 0 Å². The number of ether oxygens (including phenoxy) is 1. The second-order valence-electron chi connectivity index (χ2n) is 9.78. The number of nitro groups is 1. The van der Waals surface area contributed by atoms with Crippen molar-refractivity contribution >= 4 is 40.8 Å². The summed E-state index contributed by atoms with van der Waals surface area (Å²) in [6.07, 6.45) is 6.67. The van der Waals surface area contributed by atoms with Gasteiger partial charge in [0.05, 0.1) is 29.0 Å². The topological polar surface area (TPSA) is 159 Å². The van der Waals surface area contributed by atoms with E-state index in [1.807, 2.05) is 0 Å². The van der Waals surface area contributed by atoms with Gasteiger partial charge in [0.15, 0.2) is 0 Å². The molecule has 3 N–H and O–H groups in total. The number of para-hydroxylation sites is 1. The molecule has 2 aliphatic rings. The first-order valence-corrected chi connectivity index (χ1v) is 13.4. The van der Waals surface area contributed by atoms with E-state index >= 15 is 0 Å². The van der Waals surface area contributed by atoms with E-state index < -0.39 is 22.3 Å². The minimum absolute atomic E-state index is 0.233. The van der Waals surface area contributed by atoms with Crippen molar-refractivity contribution in [1.29, 1.82) is 0 Å². The molecule has 2 fully saturated rings. The van der Waals surface area contributed by atoms with Crippen LogP contribution in [0.5, 0.6) is 11.5 Å². The third kappa shape index (κ3) is 5.98. The number of phenols is 1. The third-order valence-corrected chi connectivity index (χ3v) is 7.07. The smallest absolute Gasteiger partial charge is 0.311 e. The van der Waals surface area contributed by atoms with E-state index in [0.717, 1.165) is 57.9 Å². The van der Waals surface area contributed by atoms with E-state index in [1.165, 1.54) is 32.1 Å². The van der Waals surface area contributed by atoms with Crippen molar-refractivity contribution in [2.75, 3.05) is 53.7 Å². The molecule has 1 aromatic heterocycles. The van der Waals surface area contributed by atoms with E-state index in [9.17, 15) is 20.0 Å². The van der Waals surface area contributed by atoms with E-state index in [2.05, 4.69) is 20.4 Å². The van der Waals surface area contributed by atoms with Crippen molar-refractivity contribution in [3.05, 3.63) is 52.1 Å². The number of rotatable bonds is 8. The molecule has 0 saturated carbocycles. The fourth-order valence-electron chi connectivity index (χ4n) is 4.92. The molecule has 1 amide bonds. The van der Waals surface area contributed by atoms with Crippen molar-refractivity contribution in [1.82, 2.24) is 15.0 Å². The number of nitrogens with one attached hydrogen (secondary N) is 2. The fraction of sp³-hybridized carbons (Fsp3) is 0.407. The molecule has 0 radical (unpaired) electrons. The Bertz CT molecular complexity index is 1350. The number of hydrogen-bond acceptors (Lipinski definition) is 11. The predicted octanol–water partition coefficient (Wildman–Crippen LogP) is 4.47. The van der Waals surface area contributed by atoms with Gasteiger partial charge in [-0.3, -0.25) is 14.9 Å². The Balaban J connectivity index is 1.47. The molecule has 2 aliphatic heterocycles. The molecule has 0 unspecified atom stereocenters. The Morgan fingerprint density at radius 1 is 0.925 bits per heavy atom. The van der Waals surface area contributed by atoms with Crippen LogP contribution in [0, 0.1) is 10.1 Å². The second-order valence-corrected chi connectivity index (χ2v) is 9.78. The van der Waals surface area contributed by atoms with Gasteiger partial charge in [0.1, 0.15) is 5.75 Å². The number of amides is 1. The first-order chi connectivity index (χ1) is 19.4. The summed E-state index contributed by atoms with van der Waals surface area (Å²) >= 11 is 0. The molecule has 13 heteroatoms. The van der Waals surface area contributed by atoms with Crippen molar-refractivity contribution < 1.29 is 19.6 Å². The number of benzene rings is 2. The Morgan fingerprint density at radius 3 is 2.12 bits per heavy atom. The number of anilines is 5. The van der Waals surface area contributed by atoms with Gasteiger partial charge in [0.2, 0.25) is 23.6 Å². The van der Waals surface area contributed by atoms with Crippen molar-refractivity contribution in [3.63, 3.8) is 0 Å². The summed E-state index contributed by atoms with van der Waals surface area (Å²) in [6.45, 7) is 3.50. The van der Waals surface area contributed by atoms with Gasteiger partial charge in [-0.2, -0.15) is 15.0 Å². The summed E-state index contributed by atoms with van der Waals surface area (Å²) in [5.41, 5.74) is -0.00520. The molecule has 210 valence electrons. The molecular formula is C27H32N8O5. The second kappa shape index (κ2) is 12.0. The number of nitro benzene ring substituents is 1. The lowest BCUT2D eigenvalue weighted by Gasteiger charge is -2.30. The fourth-order valence-corrected chi connectivity index (χ4v) is 4.92. The van der Waals surface area contributed by atoms with Gasteiger partial charge in [0.25, 0.3) is 5.91 Å². The predicted molar refractivity (Wildman–Crippen MR) is 151 cm³/mol. The van der Waals surface area contributed by atoms with E-state index in [-0.39, 0.29) is 5.56 Å². The molecule has 2 aromatic carbocycles. The van der Waals surface area contributed by atoms with Gasteiger partial charge in [-0.05, 0) is 56.7 Å². The van der Waals surface area contributed by atoms with Crippen LogP contribution in [0.4, 0.5) is 34.9 Å². The standard InChI is InChI=1S/C27H32N8O5/c1-40-18-11-12-20(21(17-18)28-24(37)19-9-8-10-22(23(19)36)35(38)39)29-25-30-26(33-13-4-2-5-14-33)32-27(31-25)34-15-6-3-7-16-34/h8-12,17,36H,2-7,13-16H2,1H3,(H,28,37)(H,29,30,31,32). The van der Waals surface area contributed by atoms with Gasteiger partial charge in [-0.25, -0.2) is 0 Å². The minimum Gasteiger partial charge on any atom is -0.502 e. The zero-order chi connectivity index (χ0) is 28.1. The Labute approximate surface area is 231 Å². The molecule has 13 nitrogen and oxygen atoms in total. The van der Waals surface area contributed by atoms with Crippen molar-refractivity contribution in [2.24, 2.45) is 0 Å². The van der Waals surface area contributed by atoms with Gasteiger partial charge in [-0.1, -0.05) is 6.07 Å². The van der Waals surface area contributed by atoms with Crippen LogP contribution in [0.2, 0.25) is 0 Å². The van der Waals surface area contributed by atoms with E-state index in [0.29, 0.717) is 35.0 Å². The van der Waals surface area contributed by atoms with Crippen LogP contribution in [0.15, 0.2) is 36.4 Å². The van der Waals surface area contributed by atoms with E-state index in [1.54, 1.807) is 18.2 Å². The molecular weight excluding hydrogens is 516 g/mol. The number of nitrogens with zero attached hydrogens (tertiary/aromatic N) is 6. The maximum atomic E-state index is 13.1. The number of piperidine rings is 2. The molecule has 0 spiro atoms. The summed E-state index contributed by atoms with van der Waals surface area (Å²) in [5, 5.41) is 27.5. The number of methoxy groups -OCH3 is 1. The zero-order valence-electron chi connectivity index (χ0n) is 22.3. The molecule has 0 bridgehead atoms. The lowest BCUT2D eigenvalue weighted by molar-refractivity contribution is -0.385. The highest BCUT2D eigenvalue weighted by Crippen LogP contribution is 2.33. The SMILES string of the molecule is COc1ccc(Nc2nc(N3CCCCC3)nc(N3CCCCC3)n2)c(NC(=O)c2cccc([N+](=O)[O-])c2O)c1. The van der Waals surface area contributed by atoms with Crippen LogP contribution in [0.25, 0.3) is 0 Å². The molecule has 3 heterocycles. The van der Waals surface area contributed by atoms with Gasteiger partial charge in [-0.15, -0.1) is 0 Å². The molecule has 2 saturated heterocycles.